The SMILES string of the molecule is CC(C)(C)OC(=O)CCOC1CCC(OCCN(Cc2ccccc2)Cc2ccccc2)CC1. The lowest BCUT2D eigenvalue weighted by Crippen LogP contribution is -2.31. The van der Waals surface area contributed by atoms with Gasteiger partial charge >= 0.3 is 5.97 Å². The number of hydrogen-bond donors (Lipinski definition) is 0. The molecule has 5 heteroatoms. The average Bonchev–Trinajstić information content (AvgIpc) is 2.80. The van der Waals surface area contributed by atoms with E-state index in [-0.39, 0.29) is 12.1 Å². The molecule has 1 saturated carbocycles. The van der Waals surface area contributed by atoms with Gasteiger partial charge in [0, 0.05) is 19.6 Å². The number of benzene rings is 2. The van der Waals surface area contributed by atoms with Crippen molar-refractivity contribution < 1.29 is 19.0 Å². The fourth-order valence-electron chi connectivity index (χ4n) is 4.31. The van der Waals surface area contributed by atoms with Gasteiger partial charge in [-0.25, -0.2) is 0 Å². The summed E-state index contributed by atoms with van der Waals surface area (Å²) < 4.78 is 17.5. The number of nitrogens with zero attached hydrogens (tertiary/aromatic N) is 1. The first kappa shape index (κ1) is 26.4. The maximum Gasteiger partial charge on any atom is 0.308 e. The van der Waals surface area contributed by atoms with Crippen LogP contribution >= 0.6 is 0 Å². The van der Waals surface area contributed by atoms with Crippen LogP contribution in [-0.2, 0) is 32.1 Å². The summed E-state index contributed by atoms with van der Waals surface area (Å²) in [4.78, 5) is 14.3. The second kappa shape index (κ2) is 13.6. The first-order chi connectivity index (χ1) is 16.4. The standard InChI is InChI=1S/C29H41NO4/c1-29(2,3)34-28(31)18-20-32-26-14-16-27(17-15-26)33-21-19-30(22-24-10-6-4-7-11-24)23-25-12-8-5-9-13-25/h4-13,26-27H,14-23H2,1-3H3. The van der Waals surface area contributed by atoms with Gasteiger partial charge in [-0.1, -0.05) is 60.7 Å². The van der Waals surface area contributed by atoms with Crippen molar-refractivity contribution in [1.29, 1.82) is 0 Å². The zero-order chi connectivity index (χ0) is 24.2. The van der Waals surface area contributed by atoms with E-state index in [1.54, 1.807) is 0 Å². The molecule has 0 amide bonds. The van der Waals surface area contributed by atoms with E-state index < -0.39 is 5.60 Å². The minimum Gasteiger partial charge on any atom is -0.460 e. The van der Waals surface area contributed by atoms with Crippen LogP contribution in [-0.4, -0.2) is 48.4 Å². The molecule has 0 bridgehead atoms. The van der Waals surface area contributed by atoms with E-state index in [2.05, 4.69) is 65.6 Å². The summed E-state index contributed by atoms with van der Waals surface area (Å²) in [5.41, 5.74) is 2.20. The Morgan fingerprint density at radius 2 is 1.26 bits per heavy atom. The van der Waals surface area contributed by atoms with Crippen LogP contribution < -0.4 is 0 Å². The molecule has 2 aromatic rings. The molecule has 0 aliphatic heterocycles. The Kier molecular flexibility index (Phi) is 10.6. The second-order valence-electron chi connectivity index (χ2n) is 10.2. The van der Waals surface area contributed by atoms with Crippen molar-refractivity contribution in [2.45, 2.75) is 83.8 Å². The molecule has 0 spiro atoms. The van der Waals surface area contributed by atoms with E-state index in [1.165, 1.54) is 11.1 Å². The largest absolute Gasteiger partial charge is 0.460 e. The first-order valence-corrected chi connectivity index (χ1v) is 12.6. The van der Waals surface area contributed by atoms with Crippen LogP contribution in [0, 0.1) is 0 Å². The molecule has 34 heavy (non-hydrogen) atoms. The van der Waals surface area contributed by atoms with Crippen molar-refractivity contribution >= 4 is 5.97 Å². The lowest BCUT2D eigenvalue weighted by molar-refractivity contribution is -0.156. The highest BCUT2D eigenvalue weighted by molar-refractivity contribution is 5.69. The number of carbonyl (C=O) groups is 1. The Bertz CT molecular complexity index is 785. The van der Waals surface area contributed by atoms with Gasteiger partial charge in [0.25, 0.3) is 0 Å². The second-order valence-corrected chi connectivity index (χ2v) is 10.2. The van der Waals surface area contributed by atoms with Gasteiger partial charge in [0.15, 0.2) is 0 Å². The van der Waals surface area contributed by atoms with Gasteiger partial charge in [0.1, 0.15) is 5.60 Å². The highest BCUT2D eigenvalue weighted by atomic mass is 16.6. The molecular formula is C29H41NO4. The molecule has 5 nitrogen and oxygen atoms in total. The normalized spacial score (nSPS) is 18.7. The minimum absolute atomic E-state index is 0.194. The van der Waals surface area contributed by atoms with Crippen LogP contribution in [0.25, 0.3) is 0 Å². The van der Waals surface area contributed by atoms with E-state index in [0.717, 1.165) is 51.9 Å². The van der Waals surface area contributed by atoms with Crippen molar-refractivity contribution in [3.8, 4) is 0 Å². The Labute approximate surface area is 205 Å². The fourth-order valence-corrected chi connectivity index (χ4v) is 4.31. The number of ether oxygens (including phenoxy) is 3. The summed E-state index contributed by atoms with van der Waals surface area (Å²) >= 11 is 0. The Morgan fingerprint density at radius 1 is 0.794 bits per heavy atom. The molecule has 2 aromatic carbocycles. The van der Waals surface area contributed by atoms with Gasteiger partial charge in [0.05, 0.1) is 31.8 Å². The van der Waals surface area contributed by atoms with Crippen molar-refractivity contribution in [3.63, 3.8) is 0 Å². The van der Waals surface area contributed by atoms with E-state index in [1.807, 2.05) is 20.8 Å². The van der Waals surface area contributed by atoms with E-state index >= 15 is 0 Å². The Balaban J connectivity index is 1.35. The molecule has 0 heterocycles. The molecule has 0 radical (unpaired) electrons. The van der Waals surface area contributed by atoms with Gasteiger partial charge in [-0.3, -0.25) is 9.69 Å². The Morgan fingerprint density at radius 3 is 1.74 bits per heavy atom. The average molecular weight is 468 g/mol. The fraction of sp³-hybridized carbons (Fsp3) is 0.552. The highest BCUT2D eigenvalue weighted by Crippen LogP contribution is 2.24. The summed E-state index contributed by atoms with van der Waals surface area (Å²) in [6.45, 7) is 9.54. The molecule has 0 aromatic heterocycles. The van der Waals surface area contributed by atoms with Gasteiger partial charge in [-0.05, 0) is 57.6 Å². The lowest BCUT2D eigenvalue weighted by atomic mass is 9.95. The predicted octanol–water partition coefficient (Wildman–Crippen LogP) is 5.77. The zero-order valence-electron chi connectivity index (χ0n) is 21.1. The third-order valence-corrected chi connectivity index (χ3v) is 5.96. The summed E-state index contributed by atoms with van der Waals surface area (Å²) in [7, 11) is 0. The number of rotatable bonds is 12. The molecule has 0 N–H and O–H groups in total. The zero-order valence-corrected chi connectivity index (χ0v) is 21.1. The first-order valence-electron chi connectivity index (χ1n) is 12.6. The number of esters is 1. The molecule has 0 unspecified atom stereocenters. The summed E-state index contributed by atoms with van der Waals surface area (Å²) in [6.07, 6.45) is 4.80. The highest BCUT2D eigenvalue weighted by Gasteiger charge is 2.23. The van der Waals surface area contributed by atoms with Crippen molar-refractivity contribution in [2.24, 2.45) is 0 Å². The third kappa shape index (κ3) is 10.4. The van der Waals surface area contributed by atoms with Crippen LogP contribution in [0.3, 0.4) is 0 Å². The maximum atomic E-state index is 11.8. The van der Waals surface area contributed by atoms with Crippen LogP contribution in [0.1, 0.15) is 64.0 Å². The van der Waals surface area contributed by atoms with Crippen LogP contribution in [0.15, 0.2) is 60.7 Å². The lowest BCUT2D eigenvalue weighted by Gasteiger charge is -2.30. The van der Waals surface area contributed by atoms with Crippen molar-refractivity contribution in [3.05, 3.63) is 71.8 Å². The quantitative estimate of drug-likeness (QED) is 0.371. The van der Waals surface area contributed by atoms with Crippen LogP contribution in [0.5, 0.6) is 0 Å². The van der Waals surface area contributed by atoms with Crippen LogP contribution in [0.4, 0.5) is 0 Å². The van der Waals surface area contributed by atoms with Crippen molar-refractivity contribution in [2.75, 3.05) is 19.8 Å². The molecule has 186 valence electrons. The molecule has 3 rings (SSSR count). The van der Waals surface area contributed by atoms with Crippen molar-refractivity contribution in [1.82, 2.24) is 4.90 Å². The van der Waals surface area contributed by atoms with E-state index in [4.69, 9.17) is 14.2 Å². The molecule has 1 aliphatic rings. The third-order valence-electron chi connectivity index (χ3n) is 5.96. The number of hydrogen-bond acceptors (Lipinski definition) is 5. The van der Waals surface area contributed by atoms with E-state index in [9.17, 15) is 4.79 Å². The summed E-state index contributed by atoms with van der Waals surface area (Å²) in [5, 5.41) is 0. The van der Waals surface area contributed by atoms with Gasteiger partial charge in [-0.2, -0.15) is 0 Å². The maximum absolute atomic E-state index is 11.8. The minimum atomic E-state index is -0.440. The number of carbonyl (C=O) groups excluding carboxylic acids is 1. The monoisotopic (exact) mass is 467 g/mol. The van der Waals surface area contributed by atoms with Gasteiger partial charge in [0.2, 0.25) is 0 Å². The summed E-state index contributed by atoms with van der Waals surface area (Å²) in [5.74, 6) is -0.194. The molecule has 0 saturated heterocycles. The van der Waals surface area contributed by atoms with Gasteiger partial charge in [-0.15, -0.1) is 0 Å². The molecular weight excluding hydrogens is 426 g/mol. The molecule has 1 fully saturated rings. The topological polar surface area (TPSA) is 48.0 Å². The molecule has 0 atom stereocenters. The summed E-state index contributed by atoms with van der Waals surface area (Å²) in [6, 6.07) is 21.2. The van der Waals surface area contributed by atoms with Gasteiger partial charge < -0.3 is 14.2 Å². The smallest absolute Gasteiger partial charge is 0.308 e. The van der Waals surface area contributed by atoms with Crippen LogP contribution in [0.2, 0.25) is 0 Å². The van der Waals surface area contributed by atoms with E-state index in [0.29, 0.717) is 19.1 Å². The molecule has 1 aliphatic carbocycles. The predicted molar refractivity (Wildman–Crippen MR) is 135 cm³/mol. The Hall–Kier alpha value is -2.21.